The molecule has 1 aliphatic carbocycles. The Morgan fingerprint density at radius 1 is 0.905 bits per heavy atom. The van der Waals surface area contributed by atoms with Crippen LogP contribution in [0.5, 0.6) is 0 Å². The molecule has 1 heterocycles. The van der Waals surface area contributed by atoms with E-state index < -0.39 is 9.84 Å². The lowest BCUT2D eigenvalue weighted by Crippen LogP contribution is -2.00. The number of sulfone groups is 1. The average Bonchev–Trinajstić information content (AvgIpc) is 2.97. The monoisotopic (exact) mass is 299 g/mol. The van der Waals surface area contributed by atoms with Crippen LogP contribution in [0.4, 0.5) is 0 Å². The summed E-state index contributed by atoms with van der Waals surface area (Å²) in [5.74, 6) is 0. The number of rotatable bonds is 3. The van der Waals surface area contributed by atoms with E-state index in [1.54, 1.807) is 12.3 Å². The van der Waals surface area contributed by atoms with E-state index in [9.17, 15) is 8.42 Å². The van der Waals surface area contributed by atoms with Crippen LogP contribution in [-0.2, 0) is 9.84 Å². The van der Waals surface area contributed by atoms with Gasteiger partial charge in [0.25, 0.3) is 0 Å². The van der Waals surface area contributed by atoms with E-state index in [-0.39, 0.29) is 5.03 Å². The van der Waals surface area contributed by atoms with E-state index in [4.69, 9.17) is 0 Å². The molecule has 0 unspecified atom stereocenters. The van der Waals surface area contributed by atoms with Crippen LogP contribution in [0, 0.1) is 0 Å². The molecule has 0 amide bonds. The molecule has 0 N–H and O–H groups in total. The topological polar surface area (TPSA) is 47.0 Å². The first kappa shape index (κ1) is 14.0. The number of hydrogen-bond donors (Lipinski definition) is 0. The molecular formula is C17H17NO2S. The Kier molecular flexibility index (Phi) is 3.64. The van der Waals surface area contributed by atoms with Gasteiger partial charge < -0.3 is 0 Å². The Morgan fingerprint density at radius 2 is 1.57 bits per heavy atom. The summed E-state index contributed by atoms with van der Waals surface area (Å²) in [7, 11) is -3.24. The van der Waals surface area contributed by atoms with E-state index in [0.29, 0.717) is 0 Å². The predicted octanol–water partition coefficient (Wildman–Crippen LogP) is 3.58. The molecule has 0 saturated heterocycles. The standard InChI is InChI=1S/C17H17NO2S/c1-21(19,20)17-11-10-14(12-18-17)16-9-5-8-15(16)13-6-3-2-4-7-13/h2-4,6-7,10-12H,5,8-9H2,1H3. The zero-order valence-corrected chi connectivity index (χ0v) is 12.7. The first-order valence-corrected chi connectivity index (χ1v) is 8.89. The van der Waals surface area contributed by atoms with E-state index in [2.05, 4.69) is 17.1 Å². The van der Waals surface area contributed by atoms with Gasteiger partial charge in [0, 0.05) is 12.5 Å². The molecule has 1 aromatic carbocycles. The van der Waals surface area contributed by atoms with Crippen LogP contribution in [0.2, 0.25) is 0 Å². The van der Waals surface area contributed by atoms with E-state index in [1.807, 2.05) is 24.3 Å². The summed E-state index contributed by atoms with van der Waals surface area (Å²) >= 11 is 0. The minimum absolute atomic E-state index is 0.131. The summed E-state index contributed by atoms with van der Waals surface area (Å²) < 4.78 is 23.0. The van der Waals surface area contributed by atoms with E-state index in [1.165, 1.54) is 23.0 Å². The van der Waals surface area contributed by atoms with Crippen LogP contribution in [0.25, 0.3) is 11.1 Å². The molecule has 0 saturated carbocycles. The number of pyridine rings is 1. The molecule has 0 aliphatic heterocycles. The summed E-state index contributed by atoms with van der Waals surface area (Å²) in [6, 6.07) is 13.8. The minimum atomic E-state index is -3.24. The van der Waals surface area contributed by atoms with Crippen molar-refractivity contribution in [2.24, 2.45) is 0 Å². The highest BCUT2D eigenvalue weighted by Gasteiger charge is 2.18. The summed E-state index contributed by atoms with van der Waals surface area (Å²) in [5.41, 5.74) is 4.91. The maximum atomic E-state index is 11.5. The van der Waals surface area contributed by atoms with Gasteiger partial charge in [0.15, 0.2) is 14.9 Å². The van der Waals surface area contributed by atoms with Crippen LogP contribution in [0.15, 0.2) is 53.7 Å². The molecule has 108 valence electrons. The number of nitrogens with zero attached hydrogens (tertiary/aromatic N) is 1. The third-order valence-electron chi connectivity index (χ3n) is 3.80. The highest BCUT2D eigenvalue weighted by molar-refractivity contribution is 7.90. The molecule has 2 aromatic rings. The number of hydrogen-bond acceptors (Lipinski definition) is 3. The normalized spacial score (nSPS) is 15.5. The summed E-state index contributed by atoms with van der Waals surface area (Å²) in [6.07, 6.45) is 6.07. The van der Waals surface area contributed by atoms with Gasteiger partial charge in [0.1, 0.15) is 0 Å². The fourth-order valence-electron chi connectivity index (χ4n) is 2.80. The van der Waals surface area contributed by atoms with E-state index >= 15 is 0 Å². The second kappa shape index (κ2) is 5.45. The third kappa shape index (κ3) is 2.90. The lowest BCUT2D eigenvalue weighted by Gasteiger charge is -2.08. The molecule has 1 aliphatic rings. The van der Waals surface area contributed by atoms with Gasteiger partial charge >= 0.3 is 0 Å². The fraction of sp³-hybridized carbons (Fsp3) is 0.235. The molecule has 3 nitrogen and oxygen atoms in total. The lowest BCUT2D eigenvalue weighted by molar-refractivity contribution is 0.598. The smallest absolute Gasteiger partial charge is 0.192 e. The second-order valence-electron chi connectivity index (χ2n) is 5.33. The highest BCUT2D eigenvalue weighted by atomic mass is 32.2. The van der Waals surface area contributed by atoms with Crippen LogP contribution >= 0.6 is 0 Å². The number of benzene rings is 1. The Balaban J connectivity index is 2.03. The zero-order valence-electron chi connectivity index (χ0n) is 11.9. The molecule has 0 radical (unpaired) electrons. The van der Waals surface area contributed by atoms with Crippen LogP contribution in [-0.4, -0.2) is 19.7 Å². The second-order valence-corrected chi connectivity index (χ2v) is 7.30. The minimum Gasteiger partial charge on any atom is -0.244 e. The maximum Gasteiger partial charge on any atom is 0.192 e. The molecular weight excluding hydrogens is 282 g/mol. The van der Waals surface area contributed by atoms with Crippen molar-refractivity contribution in [2.45, 2.75) is 24.3 Å². The van der Waals surface area contributed by atoms with E-state index in [0.717, 1.165) is 24.8 Å². The SMILES string of the molecule is CS(=O)(=O)c1ccc(C2=C(c3ccccc3)CCC2)cn1. The molecule has 0 bridgehead atoms. The van der Waals surface area contributed by atoms with Crippen molar-refractivity contribution in [1.29, 1.82) is 0 Å². The molecule has 1 aromatic heterocycles. The quantitative estimate of drug-likeness (QED) is 0.870. The average molecular weight is 299 g/mol. The summed E-state index contributed by atoms with van der Waals surface area (Å²) in [4.78, 5) is 4.10. The van der Waals surface area contributed by atoms with Crippen molar-refractivity contribution in [1.82, 2.24) is 4.98 Å². The van der Waals surface area contributed by atoms with Gasteiger partial charge in [0.05, 0.1) is 0 Å². The molecule has 4 heteroatoms. The van der Waals surface area contributed by atoms with Gasteiger partial charge in [-0.05, 0) is 47.6 Å². The van der Waals surface area contributed by atoms with Crippen molar-refractivity contribution < 1.29 is 8.42 Å². The molecule has 0 spiro atoms. The molecule has 0 fully saturated rings. The van der Waals surface area contributed by atoms with Gasteiger partial charge in [-0.2, -0.15) is 0 Å². The summed E-state index contributed by atoms with van der Waals surface area (Å²) in [6.45, 7) is 0. The summed E-state index contributed by atoms with van der Waals surface area (Å²) in [5, 5.41) is 0.131. The maximum absolute atomic E-state index is 11.5. The van der Waals surface area contributed by atoms with Gasteiger partial charge in [-0.3, -0.25) is 0 Å². The van der Waals surface area contributed by atoms with Crippen LogP contribution < -0.4 is 0 Å². The highest BCUT2D eigenvalue weighted by Crippen LogP contribution is 2.39. The van der Waals surface area contributed by atoms with Crippen molar-refractivity contribution in [3.8, 4) is 0 Å². The van der Waals surface area contributed by atoms with Crippen LogP contribution in [0.3, 0.4) is 0 Å². The van der Waals surface area contributed by atoms with Crippen molar-refractivity contribution in [3.05, 3.63) is 59.8 Å². The molecule has 3 rings (SSSR count). The molecule has 0 atom stereocenters. The van der Waals surface area contributed by atoms with Gasteiger partial charge in [0.2, 0.25) is 0 Å². The number of allylic oxidation sites excluding steroid dienone is 2. The largest absolute Gasteiger partial charge is 0.244 e. The Bertz CT molecular complexity index is 775. The Morgan fingerprint density at radius 3 is 2.14 bits per heavy atom. The Hall–Kier alpha value is -1.94. The zero-order chi connectivity index (χ0) is 14.9. The molecule has 21 heavy (non-hydrogen) atoms. The van der Waals surface area contributed by atoms with Crippen molar-refractivity contribution >= 4 is 21.0 Å². The van der Waals surface area contributed by atoms with Crippen molar-refractivity contribution in [2.75, 3.05) is 6.26 Å². The first-order valence-electron chi connectivity index (χ1n) is 6.99. The van der Waals surface area contributed by atoms with Crippen molar-refractivity contribution in [3.63, 3.8) is 0 Å². The van der Waals surface area contributed by atoms with Crippen LogP contribution in [0.1, 0.15) is 30.4 Å². The van der Waals surface area contributed by atoms with Gasteiger partial charge in [-0.1, -0.05) is 36.4 Å². The third-order valence-corrected chi connectivity index (χ3v) is 4.81. The number of aromatic nitrogens is 1. The predicted molar refractivity (Wildman–Crippen MR) is 84.5 cm³/mol. The first-order chi connectivity index (χ1) is 10.1. The Labute approximate surface area is 125 Å². The van der Waals surface area contributed by atoms with Gasteiger partial charge in [-0.15, -0.1) is 0 Å². The lowest BCUT2D eigenvalue weighted by atomic mass is 9.98. The van der Waals surface area contributed by atoms with Gasteiger partial charge in [-0.25, -0.2) is 13.4 Å². The fourth-order valence-corrected chi connectivity index (χ4v) is 3.36.